The van der Waals surface area contributed by atoms with E-state index in [1.165, 1.54) is 0 Å². The van der Waals surface area contributed by atoms with Gasteiger partial charge in [-0.25, -0.2) is 0 Å². The van der Waals surface area contributed by atoms with Gasteiger partial charge >= 0.3 is 0 Å². The Bertz CT molecular complexity index is 171. The summed E-state index contributed by atoms with van der Waals surface area (Å²) >= 11 is 1.59. The lowest BCUT2D eigenvalue weighted by atomic mass is 10.9. The Labute approximate surface area is 52.9 Å². The van der Waals surface area contributed by atoms with Crippen LogP contribution in [0.15, 0.2) is 17.6 Å². The van der Waals surface area contributed by atoms with E-state index in [2.05, 4.69) is 12.0 Å². The number of aromatic nitrogens is 2. The van der Waals surface area contributed by atoms with Crippen molar-refractivity contribution < 1.29 is 0 Å². The first-order valence-corrected chi connectivity index (χ1v) is 3.45. The fourth-order valence-electron chi connectivity index (χ4n) is 0.485. The highest BCUT2D eigenvalue weighted by atomic mass is 32.2. The first kappa shape index (κ1) is 5.56. The van der Waals surface area contributed by atoms with Gasteiger partial charge in [-0.3, -0.25) is 0 Å². The maximum absolute atomic E-state index is 4.00. The molecule has 0 aliphatic heterocycles. The molecule has 44 valence electrons. The maximum atomic E-state index is 4.00. The first-order chi connectivity index (χ1) is 3.84. The van der Waals surface area contributed by atoms with Gasteiger partial charge in [-0.05, 0) is 12.5 Å². The lowest BCUT2D eigenvalue weighted by Crippen LogP contribution is -1.83. The molecule has 0 fully saturated rings. The Morgan fingerprint density at radius 3 is 2.88 bits per heavy atom. The van der Waals surface area contributed by atoms with Crippen LogP contribution in [0, 0.1) is 7.05 Å². The molecule has 0 saturated heterocycles. The summed E-state index contributed by atoms with van der Waals surface area (Å²) in [7, 11) is 3.68. The van der Waals surface area contributed by atoms with Gasteiger partial charge < -0.3 is 9.55 Å². The van der Waals surface area contributed by atoms with Crippen LogP contribution in [-0.4, -0.2) is 15.8 Å². The van der Waals surface area contributed by atoms with Gasteiger partial charge in [0.25, 0.3) is 0 Å². The minimum Gasteiger partial charge on any atom is -0.466 e. The number of hydrogen-bond donors (Lipinski definition) is 0. The van der Waals surface area contributed by atoms with E-state index in [1.807, 2.05) is 12.5 Å². The molecule has 1 aromatic rings. The molecule has 1 rings (SSSR count). The molecule has 0 unspecified atom stereocenters. The minimum atomic E-state index is 0.949. The average molecular weight is 127 g/mol. The summed E-state index contributed by atoms with van der Waals surface area (Å²) in [4.78, 5) is 4.00. The topological polar surface area (TPSA) is 17.8 Å². The summed E-state index contributed by atoms with van der Waals surface area (Å²) in [5.74, 6) is 0. The highest BCUT2D eigenvalue weighted by Gasteiger charge is 1.81. The Kier molecular flexibility index (Phi) is 1.48. The van der Waals surface area contributed by atoms with Crippen LogP contribution in [-0.2, 0) is 0 Å². The third-order valence-corrected chi connectivity index (χ3v) is 1.56. The smallest absolute Gasteiger partial charge is 0.0587 e. The fourth-order valence-corrected chi connectivity index (χ4v) is 0.947. The molecule has 2 nitrogen and oxygen atoms in total. The van der Waals surface area contributed by atoms with E-state index in [4.69, 9.17) is 0 Å². The first-order valence-electron chi connectivity index (χ1n) is 2.23. The number of hydrogen-bond acceptors (Lipinski definition) is 2. The average Bonchev–Trinajstić information content (AvgIpc) is 2.14. The van der Waals surface area contributed by atoms with Gasteiger partial charge in [-0.1, -0.05) is 6.20 Å². The third kappa shape index (κ3) is 0.816. The number of thioether (sulfide) groups is 1. The predicted molar refractivity (Wildman–Crippen MR) is 34.8 cm³/mol. The summed E-state index contributed by atoms with van der Waals surface area (Å²) in [6.07, 6.45) is 5.54. The molecule has 8 heavy (non-hydrogen) atoms. The molecule has 0 radical (unpaired) electrons. The Morgan fingerprint density at radius 2 is 2.62 bits per heavy atom. The molecule has 0 aromatic carbocycles. The van der Waals surface area contributed by atoms with Crippen molar-refractivity contribution in [1.82, 2.24) is 9.55 Å². The minimum absolute atomic E-state index is 0.949. The van der Waals surface area contributed by atoms with Crippen LogP contribution < -0.4 is 0 Å². The van der Waals surface area contributed by atoms with E-state index < -0.39 is 0 Å². The molecule has 0 N–H and O–H groups in total. The van der Waals surface area contributed by atoms with E-state index >= 15 is 0 Å². The third-order valence-electron chi connectivity index (χ3n) is 0.860. The molecule has 0 aliphatic rings. The zero-order chi connectivity index (χ0) is 5.98. The van der Waals surface area contributed by atoms with Gasteiger partial charge in [0, 0.05) is 0 Å². The number of nitrogens with zero attached hydrogens (tertiary/aromatic N) is 2. The molecule has 3 heteroatoms. The molecule has 1 heterocycles. The quantitative estimate of drug-likeness (QED) is 0.417. The molecule has 0 aliphatic carbocycles. The lowest BCUT2D eigenvalue weighted by Gasteiger charge is -2.03. The van der Waals surface area contributed by atoms with Gasteiger partial charge in [0.05, 0.1) is 5.16 Å². The van der Waals surface area contributed by atoms with Crippen LogP contribution in [0.1, 0.15) is 0 Å². The zero-order valence-corrected chi connectivity index (χ0v) is 5.48. The lowest BCUT2D eigenvalue weighted by molar-refractivity contribution is 0.895. The summed E-state index contributed by atoms with van der Waals surface area (Å²) in [5, 5.41) is 0.949. The van der Waals surface area contributed by atoms with Crippen LogP contribution in [0.2, 0.25) is 0 Å². The fraction of sp³-hybridized carbons (Fsp3) is 0.200. The van der Waals surface area contributed by atoms with Crippen LogP contribution in [0.5, 0.6) is 0 Å². The molecular formula is C5H7N2S-. The monoisotopic (exact) mass is 127 g/mol. The van der Waals surface area contributed by atoms with E-state index in [0.29, 0.717) is 0 Å². The summed E-state index contributed by atoms with van der Waals surface area (Å²) in [6.45, 7) is 0. The molecule has 1 aromatic heterocycles. The highest BCUT2D eigenvalue weighted by Crippen LogP contribution is 2.08. The van der Waals surface area contributed by atoms with Crippen LogP contribution in [0.4, 0.5) is 0 Å². The Balaban J connectivity index is 2.92. The van der Waals surface area contributed by atoms with Gasteiger partial charge in [0.2, 0.25) is 0 Å². The van der Waals surface area contributed by atoms with Crippen LogP contribution in [0.25, 0.3) is 0 Å². The van der Waals surface area contributed by atoms with Crippen molar-refractivity contribution in [3.63, 3.8) is 0 Å². The molecule has 0 bridgehead atoms. The summed E-state index contributed by atoms with van der Waals surface area (Å²) < 4.78 is 1.74. The SMILES string of the molecule is [CH2-]n1ccnc1SC. The number of rotatable bonds is 1. The zero-order valence-electron chi connectivity index (χ0n) is 4.66. The van der Waals surface area contributed by atoms with Crippen molar-refractivity contribution in [1.29, 1.82) is 0 Å². The van der Waals surface area contributed by atoms with E-state index in [0.717, 1.165) is 5.16 Å². The summed E-state index contributed by atoms with van der Waals surface area (Å²) in [5.41, 5.74) is 0. The van der Waals surface area contributed by atoms with Crippen molar-refractivity contribution in [2.45, 2.75) is 5.16 Å². The van der Waals surface area contributed by atoms with Crippen molar-refractivity contribution in [3.05, 3.63) is 19.4 Å². The van der Waals surface area contributed by atoms with Gasteiger partial charge in [0.15, 0.2) is 0 Å². The van der Waals surface area contributed by atoms with Gasteiger partial charge in [-0.2, -0.15) is 11.8 Å². The summed E-state index contributed by atoms with van der Waals surface area (Å²) in [6, 6.07) is 0. The molecule has 0 saturated carbocycles. The second-order valence-corrected chi connectivity index (χ2v) is 2.16. The Morgan fingerprint density at radius 1 is 1.88 bits per heavy atom. The van der Waals surface area contributed by atoms with Crippen molar-refractivity contribution in [2.24, 2.45) is 0 Å². The van der Waals surface area contributed by atoms with Crippen molar-refractivity contribution >= 4 is 11.8 Å². The Hall–Kier alpha value is -0.570. The predicted octanol–water partition coefficient (Wildman–Crippen LogP) is 1.24. The second kappa shape index (κ2) is 2.13. The molecule has 0 amide bonds. The largest absolute Gasteiger partial charge is 0.466 e. The van der Waals surface area contributed by atoms with Crippen molar-refractivity contribution in [3.8, 4) is 0 Å². The van der Waals surface area contributed by atoms with Crippen LogP contribution >= 0.6 is 11.8 Å². The van der Waals surface area contributed by atoms with E-state index in [1.54, 1.807) is 22.5 Å². The van der Waals surface area contributed by atoms with E-state index in [9.17, 15) is 0 Å². The van der Waals surface area contributed by atoms with Crippen LogP contribution in [0.3, 0.4) is 0 Å². The maximum Gasteiger partial charge on any atom is 0.0587 e. The molecule has 0 atom stereocenters. The highest BCUT2D eigenvalue weighted by molar-refractivity contribution is 7.98. The standard InChI is InChI=1S/C5H7N2S/c1-7-4-3-6-5(7)8-2/h3-4H,1H2,2H3/q-1. The van der Waals surface area contributed by atoms with E-state index in [-0.39, 0.29) is 0 Å². The second-order valence-electron chi connectivity index (χ2n) is 1.38. The van der Waals surface area contributed by atoms with Gasteiger partial charge in [-0.15, -0.1) is 7.05 Å². The van der Waals surface area contributed by atoms with Gasteiger partial charge in [0.1, 0.15) is 0 Å². The molecule has 0 spiro atoms. The normalized spacial score (nSPS) is 9.62. The van der Waals surface area contributed by atoms with Crippen molar-refractivity contribution in [2.75, 3.05) is 6.26 Å². The molecular weight excluding hydrogens is 120 g/mol. The number of imidazole rings is 1.